The third kappa shape index (κ3) is 34.4. The average Bonchev–Trinajstić information content (AvgIpc) is 3.08. The van der Waals surface area contributed by atoms with Crippen LogP contribution in [0.5, 0.6) is 0 Å². The largest absolute Gasteiger partial charge is 0.394 e. The molecule has 5 heteroatoms. The standard InChI is InChI=1S/C43H81NO4/c1-3-5-7-9-11-13-15-17-19-20-21-22-23-25-27-29-31-33-35-37-42(47)41(39-45)44-43(48)38-40(46)36-34-32-30-28-26-24-18-16-14-12-10-8-6-4-2/h21-22,27,29,35,37,40-42,45-47H,3-20,23-26,28,30-34,36,38-39H2,1-2H3,(H,44,48)/b22-21+,29-27+,37-35+. The Balaban J connectivity index is 3.77. The summed E-state index contributed by atoms with van der Waals surface area (Å²) in [7, 11) is 0. The summed E-state index contributed by atoms with van der Waals surface area (Å²) < 4.78 is 0. The normalized spacial score (nSPS) is 14.0. The molecule has 48 heavy (non-hydrogen) atoms. The van der Waals surface area contributed by atoms with E-state index in [0.717, 1.165) is 38.5 Å². The Morgan fingerprint density at radius 1 is 0.521 bits per heavy atom. The fourth-order valence-corrected chi connectivity index (χ4v) is 6.19. The fraction of sp³-hybridized carbons (Fsp3) is 0.837. The first-order valence-electron chi connectivity index (χ1n) is 20.8. The van der Waals surface area contributed by atoms with Gasteiger partial charge in [-0.15, -0.1) is 0 Å². The molecule has 0 fully saturated rings. The van der Waals surface area contributed by atoms with Crippen molar-refractivity contribution in [3.8, 4) is 0 Å². The Labute approximate surface area is 298 Å². The van der Waals surface area contributed by atoms with Crippen LogP contribution in [-0.4, -0.2) is 46.1 Å². The van der Waals surface area contributed by atoms with Crippen molar-refractivity contribution in [2.24, 2.45) is 0 Å². The van der Waals surface area contributed by atoms with Crippen LogP contribution < -0.4 is 5.32 Å². The monoisotopic (exact) mass is 676 g/mol. The van der Waals surface area contributed by atoms with Crippen molar-refractivity contribution in [1.29, 1.82) is 0 Å². The molecule has 0 heterocycles. The van der Waals surface area contributed by atoms with Gasteiger partial charge >= 0.3 is 0 Å². The number of amides is 1. The lowest BCUT2D eigenvalue weighted by Gasteiger charge is -2.21. The predicted octanol–water partition coefficient (Wildman–Crippen LogP) is 11.6. The molecule has 0 aromatic carbocycles. The first kappa shape index (κ1) is 46.6. The second kappa shape index (κ2) is 38.4. The Bertz CT molecular complexity index is 749. The lowest BCUT2D eigenvalue weighted by molar-refractivity contribution is -0.124. The van der Waals surface area contributed by atoms with Gasteiger partial charge in [0.1, 0.15) is 0 Å². The molecule has 0 saturated carbocycles. The van der Waals surface area contributed by atoms with Crippen LogP contribution in [0, 0.1) is 0 Å². The van der Waals surface area contributed by atoms with Gasteiger partial charge in [-0.05, 0) is 44.9 Å². The number of unbranched alkanes of at least 4 members (excludes halogenated alkanes) is 24. The van der Waals surface area contributed by atoms with E-state index >= 15 is 0 Å². The maximum atomic E-state index is 12.4. The average molecular weight is 676 g/mol. The maximum absolute atomic E-state index is 12.4. The molecule has 1 amide bonds. The first-order chi connectivity index (χ1) is 23.5. The molecule has 5 nitrogen and oxygen atoms in total. The number of nitrogens with one attached hydrogen (secondary N) is 1. The van der Waals surface area contributed by atoms with Crippen molar-refractivity contribution in [3.05, 3.63) is 36.5 Å². The lowest BCUT2D eigenvalue weighted by Crippen LogP contribution is -2.45. The Morgan fingerprint density at radius 2 is 0.896 bits per heavy atom. The van der Waals surface area contributed by atoms with Crippen LogP contribution in [0.15, 0.2) is 36.5 Å². The highest BCUT2D eigenvalue weighted by molar-refractivity contribution is 5.76. The summed E-state index contributed by atoms with van der Waals surface area (Å²) >= 11 is 0. The number of carbonyl (C=O) groups is 1. The van der Waals surface area contributed by atoms with Crippen LogP contribution in [0.25, 0.3) is 0 Å². The Kier molecular flexibility index (Phi) is 37.2. The second-order valence-corrected chi connectivity index (χ2v) is 14.2. The molecule has 0 aliphatic heterocycles. The molecule has 0 radical (unpaired) electrons. The summed E-state index contributed by atoms with van der Waals surface area (Å²) in [6, 6.07) is -0.764. The highest BCUT2D eigenvalue weighted by atomic mass is 16.3. The van der Waals surface area contributed by atoms with Gasteiger partial charge in [-0.3, -0.25) is 4.79 Å². The number of aliphatic hydroxyl groups excluding tert-OH is 3. The van der Waals surface area contributed by atoms with Gasteiger partial charge in [0, 0.05) is 0 Å². The molecular weight excluding hydrogens is 594 g/mol. The molecule has 0 saturated heterocycles. The molecule has 3 atom stereocenters. The van der Waals surface area contributed by atoms with Crippen LogP contribution in [-0.2, 0) is 4.79 Å². The fourth-order valence-electron chi connectivity index (χ4n) is 6.19. The smallest absolute Gasteiger partial charge is 0.222 e. The SMILES string of the molecule is CCCCCCCCCCC/C=C/CC/C=C/CC/C=C/C(O)C(CO)NC(=O)CC(O)CCCCCCCCCCCCCCCC. The van der Waals surface area contributed by atoms with Gasteiger partial charge in [-0.1, -0.05) is 192 Å². The lowest BCUT2D eigenvalue weighted by atomic mass is 10.0. The predicted molar refractivity (Wildman–Crippen MR) is 208 cm³/mol. The molecule has 0 aromatic heterocycles. The molecule has 3 unspecified atom stereocenters. The third-order valence-corrected chi connectivity index (χ3v) is 9.41. The molecule has 0 rings (SSSR count). The van der Waals surface area contributed by atoms with Crippen molar-refractivity contribution in [1.82, 2.24) is 5.32 Å². The summed E-state index contributed by atoms with van der Waals surface area (Å²) in [5, 5.41) is 33.1. The Morgan fingerprint density at radius 3 is 1.33 bits per heavy atom. The van der Waals surface area contributed by atoms with E-state index in [1.165, 1.54) is 141 Å². The number of carbonyl (C=O) groups excluding carboxylic acids is 1. The van der Waals surface area contributed by atoms with Crippen LogP contribution in [0.1, 0.15) is 206 Å². The minimum Gasteiger partial charge on any atom is -0.394 e. The van der Waals surface area contributed by atoms with Crippen LogP contribution in [0.3, 0.4) is 0 Å². The van der Waals surface area contributed by atoms with E-state index in [-0.39, 0.29) is 18.9 Å². The van der Waals surface area contributed by atoms with Crippen molar-refractivity contribution in [3.63, 3.8) is 0 Å². The Hall–Kier alpha value is -1.43. The van der Waals surface area contributed by atoms with Gasteiger partial charge in [-0.2, -0.15) is 0 Å². The van der Waals surface area contributed by atoms with E-state index < -0.39 is 18.2 Å². The number of allylic oxidation sites excluding steroid dienone is 5. The molecule has 4 N–H and O–H groups in total. The van der Waals surface area contributed by atoms with Gasteiger partial charge in [0.2, 0.25) is 5.91 Å². The highest BCUT2D eigenvalue weighted by Gasteiger charge is 2.20. The molecule has 282 valence electrons. The summed E-state index contributed by atoms with van der Waals surface area (Å²) in [5.74, 6) is -0.329. The van der Waals surface area contributed by atoms with E-state index in [0.29, 0.717) is 6.42 Å². The highest BCUT2D eigenvalue weighted by Crippen LogP contribution is 2.15. The molecule has 0 aromatic rings. The zero-order valence-electron chi connectivity index (χ0n) is 31.9. The van der Waals surface area contributed by atoms with E-state index in [4.69, 9.17) is 0 Å². The van der Waals surface area contributed by atoms with E-state index in [1.54, 1.807) is 6.08 Å². The summed E-state index contributed by atoms with van der Waals surface area (Å²) in [6.45, 7) is 4.19. The molecular formula is C43H81NO4. The van der Waals surface area contributed by atoms with Crippen molar-refractivity contribution >= 4 is 5.91 Å². The maximum Gasteiger partial charge on any atom is 0.222 e. The van der Waals surface area contributed by atoms with E-state index in [2.05, 4.69) is 43.5 Å². The number of aliphatic hydroxyl groups is 3. The van der Waals surface area contributed by atoms with Crippen molar-refractivity contribution < 1.29 is 20.1 Å². The molecule has 0 aliphatic carbocycles. The molecule has 0 bridgehead atoms. The van der Waals surface area contributed by atoms with Gasteiger partial charge in [0.05, 0.1) is 31.3 Å². The van der Waals surface area contributed by atoms with Gasteiger partial charge < -0.3 is 20.6 Å². The van der Waals surface area contributed by atoms with Gasteiger partial charge in [0.15, 0.2) is 0 Å². The number of rotatable bonds is 37. The quantitative estimate of drug-likeness (QED) is 0.0390. The molecule has 0 spiro atoms. The van der Waals surface area contributed by atoms with E-state index in [1.807, 2.05) is 6.08 Å². The summed E-state index contributed by atoms with van der Waals surface area (Å²) in [4.78, 5) is 12.4. The van der Waals surface area contributed by atoms with E-state index in [9.17, 15) is 20.1 Å². The van der Waals surface area contributed by atoms with Crippen LogP contribution in [0.2, 0.25) is 0 Å². The van der Waals surface area contributed by atoms with Crippen LogP contribution in [0.4, 0.5) is 0 Å². The second-order valence-electron chi connectivity index (χ2n) is 14.2. The molecule has 0 aliphatic rings. The number of hydrogen-bond acceptors (Lipinski definition) is 4. The van der Waals surface area contributed by atoms with Crippen LogP contribution >= 0.6 is 0 Å². The van der Waals surface area contributed by atoms with Gasteiger partial charge in [0.25, 0.3) is 0 Å². The minimum absolute atomic E-state index is 0.00458. The first-order valence-corrected chi connectivity index (χ1v) is 20.8. The topological polar surface area (TPSA) is 89.8 Å². The zero-order valence-corrected chi connectivity index (χ0v) is 31.9. The minimum atomic E-state index is -0.957. The van der Waals surface area contributed by atoms with Crippen molar-refractivity contribution in [2.45, 2.75) is 225 Å². The summed E-state index contributed by atoms with van der Waals surface area (Å²) in [6.07, 6.45) is 47.1. The third-order valence-electron chi connectivity index (χ3n) is 9.41. The zero-order chi connectivity index (χ0) is 35.2. The van der Waals surface area contributed by atoms with Crippen molar-refractivity contribution in [2.75, 3.05) is 6.61 Å². The number of hydrogen-bond donors (Lipinski definition) is 4. The van der Waals surface area contributed by atoms with Gasteiger partial charge in [-0.25, -0.2) is 0 Å². The summed E-state index contributed by atoms with van der Waals surface area (Å²) in [5.41, 5.74) is 0.